The molecule has 2 heterocycles. The van der Waals surface area contributed by atoms with Crippen LogP contribution in [0.25, 0.3) is 0 Å². The van der Waals surface area contributed by atoms with Crippen LogP contribution in [0.4, 0.5) is 5.82 Å². The van der Waals surface area contributed by atoms with Crippen LogP contribution in [-0.4, -0.2) is 48.2 Å². The van der Waals surface area contributed by atoms with Gasteiger partial charge >= 0.3 is 0 Å². The second-order valence-electron chi connectivity index (χ2n) is 3.99. The number of hydrogen-bond donors (Lipinski definition) is 1. The summed E-state index contributed by atoms with van der Waals surface area (Å²) in [4.78, 5) is 21.7. The number of rotatable bonds is 3. The van der Waals surface area contributed by atoms with Gasteiger partial charge in [-0.2, -0.15) is 4.98 Å². The van der Waals surface area contributed by atoms with Crippen LogP contribution in [0.15, 0.2) is 6.20 Å². The van der Waals surface area contributed by atoms with E-state index >= 15 is 0 Å². The SMILES string of the molecule is CCNC(=O)C1COCCN1c1nc(Cl)ncc1Cl. The highest BCUT2D eigenvalue weighted by molar-refractivity contribution is 6.33. The normalized spacial score (nSPS) is 19.3. The van der Waals surface area contributed by atoms with Crippen molar-refractivity contribution in [3.8, 4) is 0 Å². The molecule has 0 radical (unpaired) electrons. The highest BCUT2D eigenvalue weighted by Gasteiger charge is 2.31. The van der Waals surface area contributed by atoms with E-state index in [1.54, 1.807) is 4.90 Å². The molecule has 0 spiro atoms. The van der Waals surface area contributed by atoms with Crippen LogP contribution in [-0.2, 0) is 9.53 Å². The standard InChI is InChI=1S/C11H14Cl2N4O2/c1-2-14-10(18)8-6-19-4-3-17(8)9-7(12)5-15-11(13)16-9/h5,8H,2-4,6H2,1H3,(H,14,18). The monoisotopic (exact) mass is 304 g/mol. The molecule has 1 aromatic heterocycles. The van der Waals surface area contributed by atoms with Crippen LogP contribution in [0.2, 0.25) is 10.3 Å². The summed E-state index contributed by atoms with van der Waals surface area (Å²) in [5.74, 6) is 0.342. The third-order valence-electron chi connectivity index (χ3n) is 2.75. The van der Waals surface area contributed by atoms with Crippen LogP contribution in [0.3, 0.4) is 0 Å². The van der Waals surface area contributed by atoms with Gasteiger partial charge in [-0.15, -0.1) is 0 Å². The number of carbonyl (C=O) groups excluding carboxylic acids is 1. The molecule has 1 aromatic rings. The number of amides is 1. The fourth-order valence-electron chi connectivity index (χ4n) is 1.91. The Morgan fingerprint density at radius 1 is 1.63 bits per heavy atom. The number of halogens is 2. The van der Waals surface area contributed by atoms with Crippen molar-refractivity contribution in [3.63, 3.8) is 0 Å². The van der Waals surface area contributed by atoms with E-state index < -0.39 is 6.04 Å². The molecule has 0 saturated carbocycles. The second kappa shape index (κ2) is 6.36. The molecule has 1 aliphatic heterocycles. The largest absolute Gasteiger partial charge is 0.377 e. The van der Waals surface area contributed by atoms with Crippen LogP contribution in [0, 0.1) is 0 Å². The lowest BCUT2D eigenvalue weighted by Crippen LogP contribution is -2.54. The molecule has 19 heavy (non-hydrogen) atoms. The Kier molecular flexibility index (Phi) is 4.79. The van der Waals surface area contributed by atoms with E-state index in [4.69, 9.17) is 27.9 Å². The van der Waals surface area contributed by atoms with Crippen molar-refractivity contribution in [1.82, 2.24) is 15.3 Å². The minimum Gasteiger partial charge on any atom is -0.377 e. The smallest absolute Gasteiger partial charge is 0.245 e. The molecule has 6 nitrogen and oxygen atoms in total. The van der Waals surface area contributed by atoms with Gasteiger partial charge < -0.3 is 15.0 Å². The molecular formula is C11H14Cl2N4O2. The lowest BCUT2D eigenvalue weighted by atomic mass is 10.2. The Morgan fingerprint density at radius 2 is 2.42 bits per heavy atom. The highest BCUT2D eigenvalue weighted by Crippen LogP contribution is 2.26. The van der Waals surface area contributed by atoms with E-state index in [2.05, 4.69) is 15.3 Å². The molecule has 0 bridgehead atoms. The van der Waals surface area contributed by atoms with Crippen LogP contribution < -0.4 is 10.2 Å². The van der Waals surface area contributed by atoms with Gasteiger partial charge in [0, 0.05) is 13.1 Å². The summed E-state index contributed by atoms with van der Waals surface area (Å²) in [5.41, 5.74) is 0. The third kappa shape index (κ3) is 3.26. The average Bonchev–Trinajstić information content (AvgIpc) is 2.42. The number of morpholine rings is 1. The Labute approximate surface area is 121 Å². The van der Waals surface area contributed by atoms with Crippen molar-refractivity contribution in [2.45, 2.75) is 13.0 Å². The summed E-state index contributed by atoms with van der Waals surface area (Å²) in [6.07, 6.45) is 1.43. The molecule has 1 atom stereocenters. The molecule has 1 N–H and O–H groups in total. The van der Waals surface area contributed by atoms with Gasteiger partial charge in [-0.3, -0.25) is 4.79 Å². The molecule has 104 valence electrons. The molecule has 1 fully saturated rings. The molecule has 1 saturated heterocycles. The lowest BCUT2D eigenvalue weighted by molar-refractivity contribution is -0.124. The first kappa shape index (κ1) is 14.3. The first-order valence-electron chi connectivity index (χ1n) is 5.93. The Hall–Kier alpha value is -1.11. The Bertz CT molecular complexity index is 472. The summed E-state index contributed by atoms with van der Waals surface area (Å²) in [7, 11) is 0. The number of nitrogens with one attached hydrogen (secondary N) is 1. The van der Waals surface area contributed by atoms with Gasteiger partial charge in [-0.1, -0.05) is 11.6 Å². The molecule has 8 heteroatoms. The van der Waals surface area contributed by atoms with Crippen LogP contribution in [0.5, 0.6) is 0 Å². The lowest BCUT2D eigenvalue weighted by Gasteiger charge is -2.35. The summed E-state index contributed by atoms with van der Waals surface area (Å²) >= 11 is 11.9. The van der Waals surface area contributed by atoms with Gasteiger partial charge in [0.2, 0.25) is 11.2 Å². The predicted octanol–water partition coefficient (Wildman–Crippen LogP) is 1.12. The van der Waals surface area contributed by atoms with E-state index in [0.717, 1.165) is 0 Å². The van der Waals surface area contributed by atoms with E-state index in [1.165, 1.54) is 6.20 Å². The molecule has 1 aliphatic rings. The Morgan fingerprint density at radius 3 is 3.16 bits per heavy atom. The topological polar surface area (TPSA) is 67.3 Å². The molecule has 0 aromatic carbocycles. The number of likely N-dealkylation sites (N-methyl/N-ethyl adjacent to an activating group) is 1. The van der Waals surface area contributed by atoms with E-state index in [9.17, 15) is 4.79 Å². The molecule has 1 amide bonds. The second-order valence-corrected chi connectivity index (χ2v) is 4.73. The summed E-state index contributed by atoms with van der Waals surface area (Å²) in [5, 5.41) is 3.23. The molecule has 1 unspecified atom stereocenters. The van der Waals surface area contributed by atoms with E-state index in [0.29, 0.717) is 37.1 Å². The molecular weight excluding hydrogens is 291 g/mol. The van der Waals surface area contributed by atoms with Crippen molar-refractivity contribution >= 4 is 34.9 Å². The van der Waals surface area contributed by atoms with Gasteiger partial charge in [-0.25, -0.2) is 4.98 Å². The summed E-state index contributed by atoms with van der Waals surface area (Å²) in [6.45, 7) is 3.74. The zero-order chi connectivity index (χ0) is 13.8. The first-order valence-corrected chi connectivity index (χ1v) is 6.69. The molecule has 0 aliphatic carbocycles. The van der Waals surface area contributed by atoms with Crippen LogP contribution in [0.1, 0.15) is 6.92 Å². The van der Waals surface area contributed by atoms with Gasteiger partial charge in [-0.05, 0) is 18.5 Å². The quantitative estimate of drug-likeness (QED) is 0.848. The minimum absolute atomic E-state index is 0.0977. The van der Waals surface area contributed by atoms with Crippen molar-refractivity contribution in [1.29, 1.82) is 0 Å². The minimum atomic E-state index is -0.461. The third-order valence-corrected chi connectivity index (χ3v) is 3.20. The van der Waals surface area contributed by atoms with E-state index in [1.807, 2.05) is 6.92 Å². The maximum Gasteiger partial charge on any atom is 0.245 e. The van der Waals surface area contributed by atoms with Crippen molar-refractivity contribution < 1.29 is 9.53 Å². The maximum atomic E-state index is 12.0. The average molecular weight is 305 g/mol. The fraction of sp³-hybridized carbons (Fsp3) is 0.545. The highest BCUT2D eigenvalue weighted by atomic mass is 35.5. The summed E-state index contributed by atoms with van der Waals surface area (Å²) < 4.78 is 5.35. The van der Waals surface area contributed by atoms with Crippen molar-refractivity contribution in [2.75, 3.05) is 31.2 Å². The zero-order valence-electron chi connectivity index (χ0n) is 10.4. The number of carbonyl (C=O) groups is 1. The van der Waals surface area contributed by atoms with Crippen LogP contribution >= 0.6 is 23.2 Å². The number of hydrogen-bond acceptors (Lipinski definition) is 5. The number of ether oxygens (including phenoxy) is 1. The number of aromatic nitrogens is 2. The zero-order valence-corrected chi connectivity index (χ0v) is 11.9. The van der Waals surface area contributed by atoms with Gasteiger partial charge in [0.25, 0.3) is 0 Å². The number of anilines is 1. The van der Waals surface area contributed by atoms with Gasteiger partial charge in [0.15, 0.2) is 5.82 Å². The van der Waals surface area contributed by atoms with Crippen molar-refractivity contribution in [2.24, 2.45) is 0 Å². The van der Waals surface area contributed by atoms with Crippen molar-refractivity contribution in [3.05, 3.63) is 16.5 Å². The predicted molar refractivity (Wildman–Crippen MR) is 72.7 cm³/mol. The fourth-order valence-corrected chi connectivity index (χ4v) is 2.23. The number of nitrogens with zero attached hydrogens (tertiary/aromatic N) is 3. The van der Waals surface area contributed by atoms with Gasteiger partial charge in [0.05, 0.1) is 19.4 Å². The Balaban J connectivity index is 2.28. The summed E-state index contributed by atoms with van der Waals surface area (Å²) in [6, 6.07) is -0.461. The van der Waals surface area contributed by atoms with Gasteiger partial charge in [0.1, 0.15) is 11.1 Å². The first-order chi connectivity index (χ1) is 9.13. The molecule has 2 rings (SSSR count). The maximum absolute atomic E-state index is 12.0. The van der Waals surface area contributed by atoms with E-state index in [-0.39, 0.29) is 11.2 Å².